The normalized spacial score (nSPS) is 17.8. The Hall–Kier alpha value is -3.02. The van der Waals surface area contributed by atoms with Gasteiger partial charge in [-0.2, -0.15) is 13.2 Å². The molecule has 12 heteroatoms. The second-order valence-electron chi connectivity index (χ2n) is 8.19. The van der Waals surface area contributed by atoms with Crippen molar-refractivity contribution >= 4 is 34.3 Å². The maximum absolute atomic E-state index is 13.2. The molecule has 2 N–H and O–H groups in total. The number of aromatic nitrogens is 2. The summed E-state index contributed by atoms with van der Waals surface area (Å²) >= 11 is 0.967. The lowest BCUT2D eigenvalue weighted by atomic mass is 10.1. The van der Waals surface area contributed by atoms with Gasteiger partial charge >= 0.3 is 6.18 Å². The van der Waals surface area contributed by atoms with Gasteiger partial charge in [-0.3, -0.25) is 14.4 Å². The first kappa shape index (κ1) is 25.6. The Kier molecular flexibility index (Phi) is 8.24. The van der Waals surface area contributed by atoms with Crippen molar-refractivity contribution in [2.75, 3.05) is 11.9 Å². The van der Waals surface area contributed by atoms with Gasteiger partial charge < -0.3 is 15.5 Å². The Labute approximate surface area is 199 Å². The van der Waals surface area contributed by atoms with Crippen LogP contribution in [0.25, 0.3) is 11.3 Å². The molecule has 1 fully saturated rings. The molecule has 1 saturated heterocycles. The fourth-order valence-corrected chi connectivity index (χ4v) is 4.28. The van der Waals surface area contributed by atoms with Crippen LogP contribution in [0.15, 0.2) is 30.3 Å². The number of amides is 3. The van der Waals surface area contributed by atoms with Crippen LogP contribution in [0.1, 0.15) is 39.5 Å². The quantitative estimate of drug-likeness (QED) is 0.580. The molecule has 2 aromatic rings. The molecule has 1 aromatic carbocycles. The van der Waals surface area contributed by atoms with E-state index in [1.165, 1.54) is 0 Å². The summed E-state index contributed by atoms with van der Waals surface area (Å²) in [5.41, 5.74) is 1.20. The van der Waals surface area contributed by atoms with Gasteiger partial charge in [-0.25, -0.2) is 0 Å². The minimum absolute atomic E-state index is 0.122. The zero-order valence-corrected chi connectivity index (χ0v) is 19.6. The number of nitrogens with one attached hydrogen (secondary N) is 2. The first-order valence-corrected chi connectivity index (χ1v) is 11.7. The Balaban J connectivity index is 1.76. The highest BCUT2D eigenvalue weighted by Gasteiger charge is 2.42. The van der Waals surface area contributed by atoms with E-state index in [9.17, 15) is 27.6 Å². The molecule has 0 saturated carbocycles. The van der Waals surface area contributed by atoms with Gasteiger partial charge in [-0.15, -0.1) is 5.10 Å². The van der Waals surface area contributed by atoms with Crippen LogP contribution < -0.4 is 10.6 Å². The van der Waals surface area contributed by atoms with Gasteiger partial charge in [-0.05, 0) is 19.3 Å². The predicted octanol–water partition coefficient (Wildman–Crippen LogP) is 3.62. The van der Waals surface area contributed by atoms with Crippen molar-refractivity contribution in [1.82, 2.24) is 19.8 Å². The van der Waals surface area contributed by atoms with Crippen molar-refractivity contribution in [1.29, 1.82) is 0 Å². The molecule has 3 atom stereocenters. The third-order valence-corrected chi connectivity index (χ3v) is 6.36. The average molecular weight is 498 g/mol. The Bertz CT molecular complexity index is 1010. The molecule has 1 aliphatic rings. The van der Waals surface area contributed by atoms with Crippen LogP contribution >= 0.6 is 11.5 Å². The summed E-state index contributed by atoms with van der Waals surface area (Å²) in [6, 6.07) is 6.31. The highest BCUT2D eigenvalue weighted by atomic mass is 32.1. The number of halogens is 3. The van der Waals surface area contributed by atoms with E-state index in [4.69, 9.17) is 0 Å². The van der Waals surface area contributed by atoms with Gasteiger partial charge in [0.15, 0.2) is 0 Å². The molecule has 0 aliphatic carbocycles. The number of carbonyl (C=O) groups is 3. The third-order valence-electron chi connectivity index (χ3n) is 5.72. The van der Waals surface area contributed by atoms with Crippen LogP contribution in [-0.4, -0.2) is 57.0 Å². The molecule has 34 heavy (non-hydrogen) atoms. The molecular formula is C22H26F3N5O3S. The van der Waals surface area contributed by atoms with E-state index < -0.39 is 48.3 Å². The summed E-state index contributed by atoms with van der Waals surface area (Å²) in [5, 5.41) is 9.39. The van der Waals surface area contributed by atoms with Crippen LogP contribution in [-0.2, 0) is 14.4 Å². The maximum Gasteiger partial charge on any atom is 0.391 e. The lowest BCUT2D eigenvalue weighted by Gasteiger charge is -2.29. The van der Waals surface area contributed by atoms with Crippen molar-refractivity contribution in [3.63, 3.8) is 0 Å². The summed E-state index contributed by atoms with van der Waals surface area (Å²) in [6.45, 7) is 3.42. The summed E-state index contributed by atoms with van der Waals surface area (Å²) < 4.78 is 43.4. The number of nitrogens with zero attached hydrogens (tertiary/aromatic N) is 3. The van der Waals surface area contributed by atoms with Gasteiger partial charge in [0, 0.05) is 29.6 Å². The zero-order valence-electron chi connectivity index (χ0n) is 18.8. The summed E-state index contributed by atoms with van der Waals surface area (Å²) in [5.74, 6) is -2.63. The molecule has 184 valence electrons. The molecule has 8 nitrogen and oxygen atoms in total. The van der Waals surface area contributed by atoms with E-state index in [1.54, 1.807) is 26.0 Å². The zero-order chi connectivity index (χ0) is 24.9. The van der Waals surface area contributed by atoms with E-state index in [1.807, 2.05) is 18.2 Å². The van der Waals surface area contributed by atoms with Gasteiger partial charge in [-0.1, -0.05) is 48.7 Å². The highest BCUT2D eigenvalue weighted by Crippen LogP contribution is 2.30. The number of rotatable bonds is 8. The van der Waals surface area contributed by atoms with Crippen LogP contribution in [0.3, 0.4) is 0 Å². The standard InChI is InChI=1S/C22H26F3N5O3S/c1-3-13(2)18(31)26-15(12-22(23,24)25)21(33)30-11-7-10-16(30)19(32)27-20-17(28-29-34-20)14-8-5-4-6-9-14/h4-6,8-9,13,15-16H,3,7,10-12H2,1-2H3,(H,26,31)(H,27,32)/t13-,15-,16+/m1/s1. The van der Waals surface area contributed by atoms with E-state index in [0.717, 1.165) is 22.0 Å². The number of hydrogen-bond acceptors (Lipinski definition) is 6. The van der Waals surface area contributed by atoms with Crippen LogP contribution in [0.5, 0.6) is 0 Å². The number of likely N-dealkylation sites (tertiary alicyclic amines) is 1. The molecule has 1 aliphatic heterocycles. The molecule has 0 bridgehead atoms. The van der Waals surface area contributed by atoms with Gasteiger partial charge in [0.1, 0.15) is 22.8 Å². The monoisotopic (exact) mass is 497 g/mol. The maximum atomic E-state index is 13.2. The van der Waals surface area contributed by atoms with Crippen LogP contribution in [0.2, 0.25) is 0 Å². The molecule has 2 heterocycles. The average Bonchev–Trinajstić information content (AvgIpc) is 3.47. The minimum Gasteiger partial charge on any atom is -0.344 e. The fraction of sp³-hybridized carbons (Fsp3) is 0.500. The second-order valence-corrected chi connectivity index (χ2v) is 8.94. The van der Waals surface area contributed by atoms with Crippen molar-refractivity contribution < 1.29 is 27.6 Å². The molecule has 3 amide bonds. The summed E-state index contributed by atoms with van der Waals surface area (Å²) in [4.78, 5) is 39.5. The van der Waals surface area contributed by atoms with Gasteiger partial charge in [0.25, 0.3) is 0 Å². The Morgan fingerprint density at radius 3 is 2.59 bits per heavy atom. The summed E-state index contributed by atoms with van der Waals surface area (Å²) in [6.07, 6.45) is -5.01. The van der Waals surface area contributed by atoms with Crippen molar-refractivity contribution in [2.45, 2.75) is 57.8 Å². The Morgan fingerprint density at radius 1 is 1.24 bits per heavy atom. The lowest BCUT2D eigenvalue weighted by Crippen LogP contribution is -2.54. The largest absolute Gasteiger partial charge is 0.391 e. The third kappa shape index (κ3) is 6.31. The van der Waals surface area contributed by atoms with E-state index in [0.29, 0.717) is 30.0 Å². The molecule has 0 radical (unpaired) electrons. The predicted molar refractivity (Wildman–Crippen MR) is 121 cm³/mol. The molecular weight excluding hydrogens is 471 g/mol. The number of alkyl halides is 3. The van der Waals surface area contributed by atoms with Crippen molar-refractivity contribution in [2.24, 2.45) is 5.92 Å². The van der Waals surface area contributed by atoms with Crippen molar-refractivity contribution in [3.8, 4) is 11.3 Å². The minimum atomic E-state index is -4.67. The number of carbonyl (C=O) groups excluding carboxylic acids is 3. The fourth-order valence-electron chi connectivity index (χ4n) is 3.69. The van der Waals surface area contributed by atoms with E-state index >= 15 is 0 Å². The van der Waals surface area contributed by atoms with Crippen molar-refractivity contribution in [3.05, 3.63) is 30.3 Å². The van der Waals surface area contributed by atoms with Gasteiger partial charge in [0.05, 0.1) is 6.42 Å². The Morgan fingerprint density at radius 2 is 1.94 bits per heavy atom. The number of hydrogen-bond donors (Lipinski definition) is 2. The number of benzene rings is 1. The molecule has 0 unspecified atom stereocenters. The smallest absolute Gasteiger partial charge is 0.344 e. The van der Waals surface area contributed by atoms with Gasteiger partial charge in [0.2, 0.25) is 17.7 Å². The topological polar surface area (TPSA) is 104 Å². The summed E-state index contributed by atoms with van der Waals surface area (Å²) in [7, 11) is 0. The first-order valence-electron chi connectivity index (χ1n) is 11.0. The molecule has 3 rings (SSSR count). The molecule has 0 spiro atoms. The van der Waals surface area contributed by atoms with E-state index in [2.05, 4.69) is 20.2 Å². The SMILES string of the molecule is CC[C@@H](C)C(=O)N[C@H](CC(F)(F)F)C(=O)N1CCC[C@H]1C(=O)Nc1snnc1-c1ccccc1. The second kappa shape index (κ2) is 10.9. The molecule has 1 aromatic heterocycles. The lowest BCUT2D eigenvalue weighted by molar-refractivity contribution is -0.157. The van der Waals surface area contributed by atoms with Crippen LogP contribution in [0.4, 0.5) is 18.2 Å². The highest BCUT2D eigenvalue weighted by molar-refractivity contribution is 7.10. The van der Waals surface area contributed by atoms with E-state index in [-0.39, 0.29) is 6.54 Å². The number of anilines is 1. The van der Waals surface area contributed by atoms with Crippen LogP contribution in [0, 0.1) is 5.92 Å². The first-order chi connectivity index (χ1) is 16.1.